The minimum absolute atomic E-state index is 0.00541. The molecule has 1 amide bonds. The lowest BCUT2D eigenvalue weighted by Crippen LogP contribution is -2.52. The first kappa shape index (κ1) is 22.3. The van der Waals surface area contributed by atoms with Crippen LogP contribution in [0.3, 0.4) is 0 Å². The second-order valence-electron chi connectivity index (χ2n) is 9.21. The molecule has 5 rings (SSSR count). The molecule has 8 heteroatoms. The molecule has 1 aromatic heterocycles. The number of hydrogen-bond donors (Lipinski definition) is 0. The Labute approximate surface area is 197 Å². The van der Waals surface area contributed by atoms with Crippen LogP contribution in [0.5, 0.6) is 17.2 Å². The number of rotatable bonds is 4. The number of fused-ring (bicyclic) bond motifs is 2. The molecule has 1 saturated heterocycles. The first-order valence-electron chi connectivity index (χ1n) is 11.4. The normalized spacial score (nSPS) is 16.9. The number of carbonyl (C=O) groups excluding carboxylic acids is 2. The molecule has 2 aliphatic rings. The first-order chi connectivity index (χ1) is 16.3. The number of ether oxygens (including phenoxy) is 3. The highest BCUT2D eigenvalue weighted by Gasteiger charge is 2.45. The van der Waals surface area contributed by atoms with E-state index in [1.165, 1.54) is 7.11 Å². The van der Waals surface area contributed by atoms with Gasteiger partial charge in [-0.05, 0) is 37.1 Å². The van der Waals surface area contributed by atoms with E-state index in [4.69, 9.17) is 18.7 Å². The van der Waals surface area contributed by atoms with Gasteiger partial charge in [-0.25, -0.2) is 0 Å². The van der Waals surface area contributed by atoms with Crippen LogP contribution in [0.2, 0.25) is 0 Å². The number of amides is 1. The Morgan fingerprint density at radius 1 is 1.09 bits per heavy atom. The molecular weight excluding hydrogens is 436 g/mol. The third kappa shape index (κ3) is 3.77. The summed E-state index contributed by atoms with van der Waals surface area (Å²) in [5, 5.41) is 5.03. The number of hydrogen-bond acceptors (Lipinski definition) is 7. The van der Waals surface area contributed by atoms with Crippen LogP contribution in [-0.4, -0.2) is 54.7 Å². The Bertz CT molecular complexity index is 1290. The molecule has 178 valence electrons. The number of carbonyl (C=O) groups is 2. The number of aryl methyl sites for hydroxylation is 2. The third-order valence-corrected chi connectivity index (χ3v) is 7.09. The van der Waals surface area contributed by atoms with Crippen molar-refractivity contribution in [1.82, 2.24) is 10.1 Å². The quantitative estimate of drug-likeness (QED) is 0.576. The number of benzene rings is 2. The van der Waals surface area contributed by atoms with Crippen molar-refractivity contribution in [2.75, 3.05) is 27.3 Å². The van der Waals surface area contributed by atoms with Gasteiger partial charge in [0.2, 0.25) is 5.91 Å². The Morgan fingerprint density at radius 2 is 1.82 bits per heavy atom. The number of ketones is 1. The van der Waals surface area contributed by atoms with Crippen molar-refractivity contribution in [2.45, 2.75) is 45.1 Å². The van der Waals surface area contributed by atoms with Crippen LogP contribution in [0.1, 0.15) is 46.4 Å². The lowest BCUT2D eigenvalue weighted by Gasteiger charge is -2.44. The minimum Gasteiger partial charge on any atom is -0.496 e. The number of piperidine rings is 1. The standard InChI is InChI=1S/C26H28N2O6/c1-15-9-18-19(27-34-21(18)10-16(15)2)13-24(30)28-7-5-26(6-8-28)14-20(29)25-22(32-4)11-17(31-3)12-23(25)33-26/h9-12H,5-8,13-14H2,1-4H3. The summed E-state index contributed by atoms with van der Waals surface area (Å²) in [5.74, 6) is 1.48. The highest BCUT2D eigenvalue weighted by Crippen LogP contribution is 2.44. The van der Waals surface area contributed by atoms with Crippen LogP contribution in [0.15, 0.2) is 28.8 Å². The summed E-state index contributed by atoms with van der Waals surface area (Å²) in [6.07, 6.45) is 1.58. The lowest BCUT2D eigenvalue weighted by molar-refractivity contribution is -0.134. The van der Waals surface area contributed by atoms with Crippen molar-refractivity contribution in [3.63, 3.8) is 0 Å². The molecule has 0 aliphatic carbocycles. The largest absolute Gasteiger partial charge is 0.496 e. The van der Waals surface area contributed by atoms with Gasteiger partial charge in [-0.1, -0.05) is 5.16 Å². The van der Waals surface area contributed by atoms with Gasteiger partial charge in [0.15, 0.2) is 11.4 Å². The zero-order valence-corrected chi connectivity index (χ0v) is 19.9. The molecule has 0 saturated carbocycles. The second-order valence-corrected chi connectivity index (χ2v) is 9.21. The van der Waals surface area contributed by atoms with E-state index in [1.807, 2.05) is 30.9 Å². The van der Waals surface area contributed by atoms with Crippen LogP contribution in [-0.2, 0) is 11.2 Å². The minimum atomic E-state index is -0.631. The first-order valence-corrected chi connectivity index (χ1v) is 11.4. The summed E-state index contributed by atoms with van der Waals surface area (Å²) in [6.45, 7) is 5.08. The average Bonchev–Trinajstić information content (AvgIpc) is 3.19. The van der Waals surface area contributed by atoms with Crippen molar-refractivity contribution in [1.29, 1.82) is 0 Å². The van der Waals surface area contributed by atoms with E-state index in [1.54, 1.807) is 19.2 Å². The van der Waals surface area contributed by atoms with E-state index in [9.17, 15) is 9.59 Å². The summed E-state index contributed by atoms with van der Waals surface area (Å²) < 4.78 is 22.6. The molecule has 2 aliphatic heterocycles. The maximum atomic E-state index is 13.1. The van der Waals surface area contributed by atoms with E-state index in [0.29, 0.717) is 60.0 Å². The van der Waals surface area contributed by atoms with Crippen LogP contribution in [0.4, 0.5) is 0 Å². The van der Waals surface area contributed by atoms with Crippen LogP contribution < -0.4 is 14.2 Å². The lowest BCUT2D eigenvalue weighted by atomic mass is 9.82. The molecule has 34 heavy (non-hydrogen) atoms. The second kappa shape index (κ2) is 8.34. The van der Waals surface area contributed by atoms with Crippen molar-refractivity contribution in [2.24, 2.45) is 0 Å². The molecule has 1 fully saturated rings. The highest BCUT2D eigenvalue weighted by atomic mass is 16.5. The maximum Gasteiger partial charge on any atom is 0.228 e. The summed E-state index contributed by atoms with van der Waals surface area (Å²) in [5.41, 5.74) is 3.44. The van der Waals surface area contributed by atoms with E-state index in [-0.39, 0.29) is 24.5 Å². The Kier molecular flexibility index (Phi) is 5.46. The summed E-state index contributed by atoms with van der Waals surface area (Å²) >= 11 is 0. The fraction of sp³-hybridized carbons (Fsp3) is 0.423. The van der Waals surface area contributed by atoms with Gasteiger partial charge >= 0.3 is 0 Å². The Hall–Kier alpha value is -3.55. The molecule has 8 nitrogen and oxygen atoms in total. The maximum absolute atomic E-state index is 13.1. The fourth-order valence-corrected chi connectivity index (χ4v) is 4.92. The number of likely N-dealkylation sites (tertiary alicyclic amines) is 1. The monoisotopic (exact) mass is 464 g/mol. The molecule has 0 radical (unpaired) electrons. The zero-order valence-electron chi connectivity index (χ0n) is 19.9. The smallest absolute Gasteiger partial charge is 0.228 e. The van der Waals surface area contributed by atoms with Crippen LogP contribution >= 0.6 is 0 Å². The van der Waals surface area contributed by atoms with Gasteiger partial charge in [-0.3, -0.25) is 9.59 Å². The molecule has 2 aromatic carbocycles. The summed E-state index contributed by atoms with van der Waals surface area (Å²) in [6, 6.07) is 7.40. The number of aromatic nitrogens is 1. The predicted molar refractivity (Wildman–Crippen MR) is 125 cm³/mol. The topological polar surface area (TPSA) is 91.1 Å². The van der Waals surface area contributed by atoms with Gasteiger partial charge in [0.25, 0.3) is 0 Å². The average molecular weight is 465 g/mol. The number of Topliss-reactive ketones (excluding diaryl/α,β-unsaturated/α-hetero) is 1. The molecule has 0 N–H and O–H groups in total. The molecule has 1 spiro atoms. The highest BCUT2D eigenvalue weighted by molar-refractivity contribution is 6.03. The predicted octanol–water partition coefficient (Wildman–Crippen LogP) is 4.03. The fourth-order valence-electron chi connectivity index (χ4n) is 4.92. The van der Waals surface area contributed by atoms with Crippen LogP contribution in [0.25, 0.3) is 11.0 Å². The van der Waals surface area contributed by atoms with Gasteiger partial charge < -0.3 is 23.6 Å². The molecule has 0 bridgehead atoms. The summed E-state index contributed by atoms with van der Waals surface area (Å²) in [4.78, 5) is 27.9. The summed E-state index contributed by atoms with van der Waals surface area (Å²) in [7, 11) is 3.09. The molecule has 3 aromatic rings. The van der Waals surface area contributed by atoms with Gasteiger partial charge in [0.05, 0.1) is 27.1 Å². The number of methoxy groups -OCH3 is 2. The third-order valence-electron chi connectivity index (χ3n) is 7.09. The van der Waals surface area contributed by atoms with Gasteiger partial charge in [-0.2, -0.15) is 0 Å². The van der Waals surface area contributed by atoms with E-state index >= 15 is 0 Å². The Balaban J connectivity index is 1.30. The molecule has 0 unspecified atom stereocenters. The number of nitrogens with zero attached hydrogens (tertiary/aromatic N) is 2. The van der Waals surface area contributed by atoms with Crippen molar-refractivity contribution < 1.29 is 28.3 Å². The van der Waals surface area contributed by atoms with E-state index < -0.39 is 5.60 Å². The Morgan fingerprint density at radius 3 is 2.53 bits per heavy atom. The van der Waals surface area contributed by atoms with Crippen molar-refractivity contribution in [3.8, 4) is 17.2 Å². The van der Waals surface area contributed by atoms with Gasteiger partial charge in [-0.15, -0.1) is 0 Å². The molecular formula is C26H28N2O6. The van der Waals surface area contributed by atoms with Crippen molar-refractivity contribution >= 4 is 22.7 Å². The van der Waals surface area contributed by atoms with Gasteiger partial charge in [0.1, 0.15) is 34.1 Å². The SMILES string of the molecule is COc1cc(OC)c2c(c1)OC1(CCN(C(=O)Cc3noc4cc(C)c(C)cc34)CC1)CC2=O. The van der Waals surface area contributed by atoms with E-state index in [0.717, 1.165) is 16.5 Å². The van der Waals surface area contributed by atoms with Crippen LogP contribution in [0, 0.1) is 13.8 Å². The van der Waals surface area contributed by atoms with Gasteiger partial charge in [0, 0.05) is 43.5 Å². The zero-order chi connectivity index (χ0) is 24.0. The molecule has 0 atom stereocenters. The van der Waals surface area contributed by atoms with Crippen molar-refractivity contribution in [3.05, 3.63) is 46.6 Å². The molecule has 3 heterocycles. The van der Waals surface area contributed by atoms with E-state index in [2.05, 4.69) is 5.16 Å².